The number of aromatic nitrogens is 3. The lowest BCUT2D eigenvalue weighted by molar-refractivity contribution is -0.129. The lowest BCUT2D eigenvalue weighted by Gasteiger charge is -2.28. The third-order valence-electron chi connectivity index (χ3n) is 5.21. The van der Waals surface area contributed by atoms with Gasteiger partial charge in [-0.25, -0.2) is 0 Å². The Bertz CT molecular complexity index is 799. The van der Waals surface area contributed by atoms with Crippen LogP contribution >= 0.6 is 0 Å². The Labute approximate surface area is 152 Å². The number of carbonyl (C=O) groups excluding carboxylic acids is 2. The average Bonchev–Trinajstić information content (AvgIpc) is 3.31. The lowest BCUT2D eigenvalue weighted by atomic mass is 10.0. The highest BCUT2D eigenvalue weighted by Crippen LogP contribution is 2.41. The molecule has 1 saturated carbocycles. The van der Waals surface area contributed by atoms with Gasteiger partial charge in [0.05, 0.1) is 12.1 Å². The van der Waals surface area contributed by atoms with E-state index in [1.165, 1.54) is 0 Å². The normalized spacial score (nSPS) is 22.7. The van der Waals surface area contributed by atoms with Crippen molar-refractivity contribution in [3.05, 3.63) is 48.0 Å². The Hall–Kier alpha value is -2.70. The summed E-state index contributed by atoms with van der Waals surface area (Å²) in [6, 6.07) is 5.77. The molecule has 1 aliphatic heterocycles. The summed E-state index contributed by atoms with van der Waals surface area (Å²) in [5.74, 6) is 0.0915. The van der Waals surface area contributed by atoms with E-state index in [0.717, 1.165) is 24.1 Å². The molecular formula is C19H23N5O2. The summed E-state index contributed by atoms with van der Waals surface area (Å²) < 4.78 is 1.78. The molecule has 2 aliphatic rings. The molecule has 7 heteroatoms. The molecule has 0 unspecified atom stereocenters. The Morgan fingerprint density at radius 3 is 2.81 bits per heavy atom. The van der Waals surface area contributed by atoms with Crippen molar-refractivity contribution in [3.8, 4) is 0 Å². The van der Waals surface area contributed by atoms with Crippen LogP contribution in [0.4, 0.5) is 0 Å². The first-order chi connectivity index (χ1) is 12.6. The molecule has 7 nitrogen and oxygen atoms in total. The van der Waals surface area contributed by atoms with E-state index in [9.17, 15) is 9.59 Å². The number of hydrogen-bond donors (Lipinski definition) is 1. The third-order valence-corrected chi connectivity index (χ3v) is 5.21. The Morgan fingerprint density at radius 2 is 2.15 bits per heavy atom. The Balaban J connectivity index is 1.46. The van der Waals surface area contributed by atoms with E-state index in [2.05, 4.69) is 15.4 Å². The van der Waals surface area contributed by atoms with Crippen LogP contribution in [0.3, 0.4) is 0 Å². The second-order valence-corrected chi connectivity index (χ2v) is 7.09. The fraction of sp³-hybridized carbons (Fsp3) is 0.474. The first-order valence-corrected chi connectivity index (χ1v) is 9.11. The average molecular weight is 353 g/mol. The van der Waals surface area contributed by atoms with Crippen LogP contribution in [-0.4, -0.2) is 43.6 Å². The number of likely N-dealkylation sites (tertiary alicyclic amines) is 1. The number of aryl methyl sites for hydroxylation is 2. The first kappa shape index (κ1) is 16.8. The standard InChI is InChI=1S/C19H23N5O2/c1-23-14(8-10-21-23)6-7-17(25)22-16-11-18(26)24(15-4-5-15)19(16)13-3-2-9-20-12-13/h2-3,8-10,12,15-16,19H,4-7,11H2,1H3,(H,22,25)/t16-,19+/m1/s1. The van der Waals surface area contributed by atoms with Crippen molar-refractivity contribution in [2.45, 2.75) is 50.2 Å². The highest BCUT2D eigenvalue weighted by atomic mass is 16.2. The maximum Gasteiger partial charge on any atom is 0.225 e. The summed E-state index contributed by atoms with van der Waals surface area (Å²) in [4.78, 5) is 31.2. The summed E-state index contributed by atoms with van der Waals surface area (Å²) >= 11 is 0. The number of nitrogens with zero attached hydrogens (tertiary/aromatic N) is 4. The molecule has 2 aromatic heterocycles. The van der Waals surface area contributed by atoms with Crippen molar-refractivity contribution in [2.75, 3.05) is 0 Å². The van der Waals surface area contributed by atoms with Gasteiger partial charge in [0, 0.05) is 50.2 Å². The van der Waals surface area contributed by atoms with Crippen LogP contribution in [0.15, 0.2) is 36.8 Å². The molecule has 2 atom stereocenters. The van der Waals surface area contributed by atoms with E-state index >= 15 is 0 Å². The van der Waals surface area contributed by atoms with Crippen molar-refractivity contribution in [1.82, 2.24) is 25.0 Å². The van der Waals surface area contributed by atoms with Gasteiger partial charge in [0.2, 0.25) is 11.8 Å². The fourth-order valence-electron chi connectivity index (χ4n) is 3.78. The molecule has 1 N–H and O–H groups in total. The highest BCUT2D eigenvalue weighted by molar-refractivity contribution is 5.83. The molecule has 2 aromatic rings. The number of carbonyl (C=O) groups is 2. The second-order valence-electron chi connectivity index (χ2n) is 7.09. The predicted molar refractivity (Wildman–Crippen MR) is 94.9 cm³/mol. The van der Waals surface area contributed by atoms with Gasteiger partial charge in [-0.05, 0) is 37.0 Å². The van der Waals surface area contributed by atoms with E-state index in [1.807, 2.05) is 30.1 Å². The number of pyridine rings is 1. The molecule has 0 aromatic carbocycles. The summed E-state index contributed by atoms with van der Waals surface area (Å²) in [6.45, 7) is 0. The molecule has 3 heterocycles. The molecular weight excluding hydrogens is 330 g/mol. The van der Waals surface area contributed by atoms with Gasteiger partial charge in [0.1, 0.15) is 0 Å². The van der Waals surface area contributed by atoms with Gasteiger partial charge in [0.25, 0.3) is 0 Å². The van der Waals surface area contributed by atoms with Crippen molar-refractivity contribution < 1.29 is 9.59 Å². The monoisotopic (exact) mass is 353 g/mol. The number of rotatable bonds is 6. The van der Waals surface area contributed by atoms with Crippen molar-refractivity contribution in [3.63, 3.8) is 0 Å². The van der Waals surface area contributed by atoms with Crippen LogP contribution in [0.25, 0.3) is 0 Å². The predicted octanol–water partition coefficient (Wildman–Crippen LogP) is 1.37. The number of nitrogens with one attached hydrogen (secondary N) is 1. The second kappa shape index (κ2) is 6.90. The van der Waals surface area contributed by atoms with E-state index in [0.29, 0.717) is 25.3 Å². The molecule has 0 bridgehead atoms. The van der Waals surface area contributed by atoms with Crippen molar-refractivity contribution in [1.29, 1.82) is 0 Å². The smallest absolute Gasteiger partial charge is 0.225 e. The van der Waals surface area contributed by atoms with Gasteiger partial charge in [-0.2, -0.15) is 5.10 Å². The van der Waals surface area contributed by atoms with Crippen molar-refractivity contribution in [2.24, 2.45) is 7.05 Å². The van der Waals surface area contributed by atoms with Gasteiger partial charge >= 0.3 is 0 Å². The van der Waals surface area contributed by atoms with Gasteiger partial charge in [0.15, 0.2) is 0 Å². The SMILES string of the molecule is Cn1nccc1CCC(=O)N[C@@H]1CC(=O)N(C2CC2)[C@H]1c1cccnc1. The summed E-state index contributed by atoms with van der Waals surface area (Å²) in [5, 5.41) is 7.22. The van der Waals surface area contributed by atoms with Gasteiger partial charge in [-0.15, -0.1) is 0 Å². The quantitative estimate of drug-likeness (QED) is 0.851. The minimum Gasteiger partial charge on any atom is -0.350 e. The Kier molecular flexibility index (Phi) is 4.44. The number of amides is 2. The summed E-state index contributed by atoms with van der Waals surface area (Å²) in [5.41, 5.74) is 2.01. The van der Waals surface area contributed by atoms with E-state index in [4.69, 9.17) is 0 Å². The van der Waals surface area contributed by atoms with Crippen LogP contribution in [0, 0.1) is 0 Å². The molecule has 2 amide bonds. The van der Waals surface area contributed by atoms with Crippen LogP contribution in [-0.2, 0) is 23.1 Å². The Morgan fingerprint density at radius 1 is 1.31 bits per heavy atom. The van der Waals surface area contributed by atoms with Gasteiger partial charge in [-0.1, -0.05) is 6.07 Å². The van der Waals surface area contributed by atoms with Gasteiger partial charge < -0.3 is 10.2 Å². The van der Waals surface area contributed by atoms with E-state index < -0.39 is 0 Å². The molecule has 4 rings (SSSR count). The van der Waals surface area contributed by atoms with Crippen LogP contribution in [0.1, 0.15) is 43.0 Å². The summed E-state index contributed by atoms with van der Waals surface area (Å²) in [7, 11) is 1.87. The molecule has 1 aliphatic carbocycles. The van der Waals surface area contributed by atoms with E-state index in [-0.39, 0.29) is 23.9 Å². The zero-order chi connectivity index (χ0) is 18.1. The molecule has 136 valence electrons. The topological polar surface area (TPSA) is 80.1 Å². The zero-order valence-corrected chi connectivity index (χ0v) is 14.8. The fourth-order valence-corrected chi connectivity index (χ4v) is 3.78. The van der Waals surface area contributed by atoms with Crippen LogP contribution in [0.5, 0.6) is 0 Å². The lowest BCUT2D eigenvalue weighted by Crippen LogP contribution is -2.40. The van der Waals surface area contributed by atoms with Crippen molar-refractivity contribution >= 4 is 11.8 Å². The highest BCUT2D eigenvalue weighted by Gasteiger charge is 2.47. The minimum absolute atomic E-state index is 0.0319. The van der Waals surface area contributed by atoms with Crippen LogP contribution < -0.4 is 5.32 Å². The minimum atomic E-state index is -0.202. The number of hydrogen-bond acceptors (Lipinski definition) is 4. The third kappa shape index (κ3) is 3.34. The van der Waals surface area contributed by atoms with E-state index in [1.54, 1.807) is 23.3 Å². The maximum atomic E-state index is 12.6. The first-order valence-electron chi connectivity index (χ1n) is 9.11. The molecule has 2 fully saturated rings. The van der Waals surface area contributed by atoms with Crippen LogP contribution in [0.2, 0.25) is 0 Å². The molecule has 0 radical (unpaired) electrons. The molecule has 0 spiro atoms. The zero-order valence-electron chi connectivity index (χ0n) is 14.8. The maximum absolute atomic E-state index is 12.6. The summed E-state index contributed by atoms with van der Waals surface area (Å²) in [6.07, 6.45) is 8.71. The van der Waals surface area contributed by atoms with Gasteiger partial charge in [-0.3, -0.25) is 19.3 Å². The molecule has 26 heavy (non-hydrogen) atoms. The molecule has 1 saturated heterocycles. The largest absolute Gasteiger partial charge is 0.350 e.